The molecule has 1 aromatic carbocycles. The number of benzene rings is 1. The van der Waals surface area contributed by atoms with Crippen LogP contribution >= 0.6 is 11.5 Å². The van der Waals surface area contributed by atoms with Crippen LogP contribution in [0.5, 0.6) is 5.75 Å². The average molecular weight is 358 g/mol. The van der Waals surface area contributed by atoms with Gasteiger partial charge in [0, 0.05) is 5.56 Å². The number of aromatic hydroxyl groups is 1. The Morgan fingerprint density at radius 2 is 2.04 bits per heavy atom. The third kappa shape index (κ3) is 4.28. The van der Waals surface area contributed by atoms with Gasteiger partial charge in [0.25, 0.3) is 0 Å². The third-order valence-electron chi connectivity index (χ3n) is 3.90. The van der Waals surface area contributed by atoms with Crippen molar-refractivity contribution < 1.29 is 9.90 Å². The zero-order valence-corrected chi connectivity index (χ0v) is 15.4. The van der Waals surface area contributed by atoms with Gasteiger partial charge in [0.15, 0.2) is 0 Å². The van der Waals surface area contributed by atoms with Gasteiger partial charge in [0.1, 0.15) is 23.3 Å². The lowest BCUT2D eigenvalue weighted by molar-refractivity contribution is -0.119. The number of carbonyl (C=O) groups is 1. The molecule has 2 aromatic rings. The molecule has 6 nitrogen and oxygen atoms in total. The van der Waals surface area contributed by atoms with Crippen molar-refractivity contribution >= 4 is 22.4 Å². The predicted molar refractivity (Wildman–Crippen MR) is 99.3 cm³/mol. The molecule has 0 fully saturated rings. The first kappa shape index (κ1) is 18.7. The lowest BCUT2D eigenvalue weighted by Gasteiger charge is -2.30. The lowest BCUT2D eigenvalue weighted by atomic mass is 10.0. The molecule has 0 aliphatic heterocycles. The minimum absolute atomic E-state index is 0.0487. The number of carbonyl (C=O) groups excluding carboxylic acids is 1. The van der Waals surface area contributed by atoms with Crippen molar-refractivity contribution in [1.82, 2.24) is 4.37 Å². The number of phenols is 1. The highest BCUT2D eigenvalue weighted by atomic mass is 32.1. The first-order valence-corrected chi connectivity index (χ1v) is 8.81. The molecule has 0 saturated carbocycles. The van der Waals surface area contributed by atoms with Crippen LogP contribution in [-0.4, -0.2) is 28.0 Å². The summed E-state index contributed by atoms with van der Waals surface area (Å²) in [6, 6.07) is 8.35. The van der Waals surface area contributed by atoms with Gasteiger partial charge in [-0.25, -0.2) is 0 Å². The summed E-state index contributed by atoms with van der Waals surface area (Å²) < 4.78 is 4.42. The topological polar surface area (TPSA) is 103 Å². The van der Waals surface area contributed by atoms with E-state index in [4.69, 9.17) is 5.73 Å². The Bertz CT molecular complexity index is 777. The van der Waals surface area contributed by atoms with Crippen LogP contribution < -0.4 is 10.6 Å². The summed E-state index contributed by atoms with van der Waals surface area (Å²) in [6.45, 7) is 5.96. The number of phenolic OH excluding ortho intramolecular Hbond substituents is 1. The standard InChI is InChI=1S/C18H22N4O2S/c1-11(2)10-15(17(20)24)22(9-8-19)18-16(12(3)21-25-18)13-4-6-14(23)7-5-13/h4-7,11,15,23H,9-10H2,1-3H3,(H2,20,24)/t15-/m0/s1. The van der Waals surface area contributed by atoms with Crippen molar-refractivity contribution in [2.24, 2.45) is 11.7 Å². The number of anilines is 1. The fourth-order valence-electron chi connectivity index (χ4n) is 2.76. The van der Waals surface area contributed by atoms with E-state index in [1.807, 2.05) is 20.8 Å². The molecule has 25 heavy (non-hydrogen) atoms. The fraction of sp³-hybridized carbons (Fsp3) is 0.389. The van der Waals surface area contributed by atoms with Gasteiger partial charge in [0.2, 0.25) is 5.91 Å². The molecule has 0 spiro atoms. The van der Waals surface area contributed by atoms with Gasteiger partial charge < -0.3 is 15.7 Å². The quantitative estimate of drug-likeness (QED) is 0.740. The van der Waals surface area contributed by atoms with E-state index in [-0.39, 0.29) is 18.2 Å². The molecule has 0 aliphatic carbocycles. The van der Waals surface area contributed by atoms with E-state index in [1.165, 1.54) is 11.5 Å². The zero-order chi connectivity index (χ0) is 18.6. The zero-order valence-electron chi connectivity index (χ0n) is 14.6. The molecule has 7 heteroatoms. The van der Waals surface area contributed by atoms with E-state index in [0.717, 1.165) is 21.8 Å². The second kappa shape index (κ2) is 7.99. The van der Waals surface area contributed by atoms with Crippen LogP contribution in [0.3, 0.4) is 0 Å². The van der Waals surface area contributed by atoms with Crippen molar-refractivity contribution in [1.29, 1.82) is 5.26 Å². The summed E-state index contributed by atoms with van der Waals surface area (Å²) >= 11 is 1.25. The van der Waals surface area contributed by atoms with Crippen LogP contribution in [0.15, 0.2) is 24.3 Å². The third-order valence-corrected chi connectivity index (χ3v) is 4.88. The minimum atomic E-state index is -0.574. The van der Waals surface area contributed by atoms with Crippen molar-refractivity contribution in [3.05, 3.63) is 30.0 Å². The predicted octanol–water partition coefficient (Wildman–Crippen LogP) is 3.05. The summed E-state index contributed by atoms with van der Waals surface area (Å²) in [5.74, 6) is -0.0219. The van der Waals surface area contributed by atoms with Gasteiger partial charge >= 0.3 is 0 Å². The van der Waals surface area contributed by atoms with Crippen LogP contribution in [0.4, 0.5) is 5.00 Å². The average Bonchev–Trinajstić information content (AvgIpc) is 2.92. The van der Waals surface area contributed by atoms with Gasteiger partial charge in [0.05, 0.1) is 11.8 Å². The van der Waals surface area contributed by atoms with Crippen molar-refractivity contribution in [3.8, 4) is 22.9 Å². The molecule has 0 aliphatic rings. The first-order valence-electron chi connectivity index (χ1n) is 8.03. The Morgan fingerprint density at radius 3 is 2.56 bits per heavy atom. The van der Waals surface area contributed by atoms with Crippen LogP contribution in [0, 0.1) is 24.2 Å². The monoisotopic (exact) mass is 358 g/mol. The number of hydrogen-bond acceptors (Lipinski definition) is 6. The normalized spacial score (nSPS) is 12.0. The van der Waals surface area contributed by atoms with Crippen molar-refractivity contribution in [3.63, 3.8) is 0 Å². The molecule has 0 saturated heterocycles. The molecular formula is C18H22N4O2S. The van der Waals surface area contributed by atoms with E-state index in [1.54, 1.807) is 29.2 Å². The second-order valence-electron chi connectivity index (χ2n) is 6.33. The maximum absolute atomic E-state index is 12.0. The number of hydrogen-bond donors (Lipinski definition) is 2. The Morgan fingerprint density at radius 1 is 1.40 bits per heavy atom. The number of primary amides is 1. The number of aryl methyl sites for hydroxylation is 1. The number of nitriles is 1. The Kier molecular flexibility index (Phi) is 5.99. The fourth-order valence-corrected chi connectivity index (χ4v) is 3.73. The van der Waals surface area contributed by atoms with E-state index in [2.05, 4.69) is 10.4 Å². The molecule has 2 rings (SSSR count). The molecule has 3 N–H and O–H groups in total. The van der Waals surface area contributed by atoms with Crippen LogP contribution in [-0.2, 0) is 4.79 Å². The number of aromatic nitrogens is 1. The molecule has 1 amide bonds. The van der Waals surface area contributed by atoms with Gasteiger partial charge in [-0.15, -0.1) is 0 Å². The summed E-state index contributed by atoms with van der Waals surface area (Å²) in [7, 11) is 0. The Hall–Kier alpha value is -2.59. The van der Waals surface area contributed by atoms with Crippen molar-refractivity contribution in [2.45, 2.75) is 33.2 Å². The maximum atomic E-state index is 12.0. The van der Waals surface area contributed by atoms with Crippen LogP contribution in [0.1, 0.15) is 26.0 Å². The lowest BCUT2D eigenvalue weighted by Crippen LogP contribution is -2.46. The van der Waals surface area contributed by atoms with Crippen LogP contribution in [0.2, 0.25) is 0 Å². The molecule has 1 atom stereocenters. The summed E-state index contributed by atoms with van der Waals surface area (Å²) in [4.78, 5) is 13.8. The maximum Gasteiger partial charge on any atom is 0.240 e. The molecule has 0 bridgehead atoms. The minimum Gasteiger partial charge on any atom is -0.508 e. The molecule has 0 radical (unpaired) electrons. The molecular weight excluding hydrogens is 336 g/mol. The molecule has 0 unspecified atom stereocenters. The number of amides is 1. The van der Waals surface area contributed by atoms with E-state index >= 15 is 0 Å². The summed E-state index contributed by atoms with van der Waals surface area (Å²) in [5, 5.41) is 19.5. The van der Waals surface area contributed by atoms with Crippen LogP contribution in [0.25, 0.3) is 11.1 Å². The van der Waals surface area contributed by atoms with Gasteiger partial charge in [-0.3, -0.25) is 4.79 Å². The highest BCUT2D eigenvalue weighted by Gasteiger charge is 2.29. The number of rotatable bonds is 7. The highest BCUT2D eigenvalue weighted by Crippen LogP contribution is 2.39. The number of nitrogens with zero attached hydrogens (tertiary/aromatic N) is 3. The Balaban J connectivity index is 2.54. The van der Waals surface area contributed by atoms with Gasteiger partial charge in [-0.05, 0) is 48.5 Å². The van der Waals surface area contributed by atoms with Crippen molar-refractivity contribution in [2.75, 3.05) is 11.4 Å². The highest BCUT2D eigenvalue weighted by molar-refractivity contribution is 7.11. The summed E-state index contributed by atoms with van der Waals surface area (Å²) in [6.07, 6.45) is 0.559. The number of nitrogens with two attached hydrogens (primary N) is 1. The largest absolute Gasteiger partial charge is 0.508 e. The van der Waals surface area contributed by atoms with E-state index in [9.17, 15) is 15.2 Å². The first-order chi connectivity index (χ1) is 11.8. The Labute approximate surface area is 151 Å². The van der Waals surface area contributed by atoms with Gasteiger partial charge in [-0.2, -0.15) is 9.64 Å². The van der Waals surface area contributed by atoms with E-state index in [0.29, 0.717) is 6.42 Å². The molecule has 132 valence electrons. The summed E-state index contributed by atoms with van der Waals surface area (Å²) in [5.41, 5.74) is 8.16. The molecule has 1 aromatic heterocycles. The smallest absolute Gasteiger partial charge is 0.240 e. The SMILES string of the molecule is Cc1nsc(N(CC#N)[C@@H](CC(C)C)C(N)=O)c1-c1ccc(O)cc1. The second-order valence-corrected chi connectivity index (χ2v) is 7.08. The van der Waals surface area contributed by atoms with E-state index < -0.39 is 11.9 Å². The van der Waals surface area contributed by atoms with Gasteiger partial charge in [-0.1, -0.05) is 26.0 Å². The molecule has 1 heterocycles.